The van der Waals surface area contributed by atoms with Gasteiger partial charge in [-0.2, -0.15) is 0 Å². The van der Waals surface area contributed by atoms with E-state index in [1.165, 1.54) is 12.8 Å². The van der Waals surface area contributed by atoms with Crippen molar-refractivity contribution in [2.75, 3.05) is 45.8 Å². The lowest BCUT2D eigenvalue weighted by Crippen LogP contribution is -2.47. The standard InChI is InChI=1S/C13H27N3O.ClH/c1-3-8-15(9-4-2)10-5-13(17)16-11-6-14-7-12-16;/h14H,3-12H2,1-2H3;1H. The van der Waals surface area contributed by atoms with E-state index in [0.29, 0.717) is 12.3 Å². The molecule has 18 heavy (non-hydrogen) atoms. The van der Waals surface area contributed by atoms with Gasteiger partial charge in [0.25, 0.3) is 0 Å². The van der Waals surface area contributed by atoms with Crippen molar-refractivity contribution in [2.24, 2.45) is 0 Å². The lowest BCUT2D eigenvalue weighted by atomic mass is 10.2. The largest absolute Gasteiger partial charge is 0.340 e. The molecule has 0 aliphatic carbocycles. The number of piperazine rings is 1. The molecule has 0 saturated carbocycles. The van der Waals surface area contributed by atoms with Gasteiger partial charge in [-0.05, 0) is 25.9 Å². The van der Waals surface area contributed by atoms with Crippen molar-refractivity contribution in [2.45, 2.75) is 33.1 Å². The summed E-state index contributed by atoms with van der Waals surface area (Å²) < 4.78 is 0. The molecule has 108 valence electrons. The zero-order valence-corrected chi connectivity index (χ0v) is 12.6. The molecule has 0 radical (unpaired) electrons. The van der Waals surface area contributed by atoms with E-state index < -0.39 is 0 Å². The van der Waals surface area contributed by atoms with Crippen molar-refractivity contribution in [1.29, 1.82) is 0 Å². The van der Waals surface area contributed by atoms with Gasteiger partial charge in [0, 0.05) is 39.1 Å². The summed E-state index contributed by atoms with van der Waals surface area (Å²) in [6, 6.07) is 0. The highest BCUT2D eigenvalue weighted by atomic mass is 35.5. The van der Waals surface area contributed by atoms with Crippen molar-refractivity contribution in [3.05, 3.63) is 0 Å². The van der Waals surface area contributed by atoms with Crippen LogP contribution >= 0.6 is 12.4 Å². The fourth-order valence-corrected chi connectivity index (χ4v) is 2.29. The Hall–Kier alpha value is -0.320. The first-order valence-electron chi connectivity index (χ1n) is 6.98. The van der Waals surface area contributed by atoms with Gasteiger partial charge in [-0.15, -0.1) is 12.4 Å². The Morgan fingerprint density at radius 1 is 1.11 bits per heavy atom. The Labute approximate surface area is 117 Å². The lowest BCUT2D eigenvalue weighted by molar-refractivity contribution is -0.132. The SMILES string of the molecule is CCCN(CCC)CCC(=O)N1CCNCC1.Cl. The van der Waals surface area contributed by atoms with E-state index in [1.54, 1.807) is 0 Å². The molecule has 0 spiro atoms. The Kier molecular flexibility index (Phi) is 10.4. The molecule has 1 aliphatic heterocycles. The van der Waals surface area contributed by atoms with Gasteiger partial charge < -0.3 is 15.1 Å². The third-order valence-electron chi connectivity index (χ3n) is 3.19. The van der Waals surface area contributed by atoms with E-state index in [1.807, 2.05) is 4.90 Å². The van der Waals surface area contributed by atoms with Crippen LogP contribution in [-0.2, 0) is 4.79 Å². The van der Waals surface area contributed by atoms with Crippen molar-refractivity contribution < 1.29 is 4.79 Å². The molecule has 0 bridgehead atoms. The van der Waals surface area contributed by atoms with E-state index in [2.05, 4.69) is 24.1 Å². The summed E-state index contributed by atoms with van der Waals surface area (Å²) in [5.74, 6) is 0.323. The van der Waals surface area contributed by atoms with Gasteiger partial charge in [0.05, 0.1) is 0 Å². The molecule has 1 aliphatic rings. The fourth-order valence-electron chi connectivity index (χ4n) is 2.29. The van der Waals surface area contributed by atoms with Crippen LogP contribution in [0.15, 0.2) is 0 Å². The quantitative estimate of drug-likeness (QED) is 0.763. The average Bonchev–Trinajstić information content (AvgIpc) is 2.37. The molecule has 0 aromatic carbocycles. The molecule has 1 fully saturated rings. The summed E-state index contributed by atoms with van der Waals surface area (Å²) in [4.78, 5) is 16.4. The summed E-state index contributed by atoms with van der Waals surface area (Å²) in [6.45, 7) is 11.2. The van der Waals surface area contributed by atoms with Crippen LogP contribution < -0.4 is 5.32 Å². The van der Waals surface area contributed by atoms with Crippen molar-refractivity contribution in [3.63, 3.8) is 0 Å². The lowest BCUT2D eigenvalue weighted by Gasteiger charge is -2.28. The van der Waals surface area contributed by atoms with Gasteiger partial charge in [-0.25, -0.2) is 0 Å². The van der Waals surface area contributed by atoms with Crippen LogP contribution in [0.2, 0.25) is 0 Å². The minimum atomic E-state index is 0. The predicted molar refractivity (Wildman–Crippen MR) is 78.3 cm³/mol. The molecule has 1 heterocycles. The summed E-state index contributed by atoms with van der Waals surface area (Å²) in [5.41, 5.74) is 0. The van der Waals surface area contributed by atoms with Crippen molar-refractivity contribution >= 4 is 18.3 Å². The van der Waals surface area contributed by atoms with Gasteiger partial charge >= 0.3 is 0 Å². The second kappa shape index (κ2) is 10.6. The molecule has 1 saturated heterocycles. The molecule has 0 unspecified atom stereocenters. The zero-order chi connectivity index (χ0) is 12.5. The number of hydrogen-bond donors (Lipinski definition) is 1. The molecule has 1 N–H and O–H groups in total. The molecule has 5 heteroatoms. The highest BCUT2D eigenvalue weighted by Gasteiger charge is 2.16. The predicted octanol–water partition coefficient (Wildman–Crippen LogP) is 1.35. The summed E-state index contributed by atoms with van der Waals surface area (Å²) in [7, 11) is 0. The number of amides is 1. The van der Waals surface area contributed by atoms with Crippen molar-refractivity contribution in [3.8, 4) is 0 Å². The molecule has 4 nitrogen and oxygen atoms in total. The van der Waals surface area contributed by atoms with Crippen LogP contribution in [-0.4, -0.2) is 61.5 Å². The molecule has 0 aromatic rings. The first-order valence-corrected chi connectivity index (χ1v) is 6.98. The second-order valence-corrected chi connectivity index (χ2v) is 4.72. The molecule has 0 atom stereocenters. The number of halogens is 1. The Balaban J connectivity index is 0.00000289. The summed E-state index contributed by atoms with van der Waals surface area (Å²) in [5, 5.41) is 3.27. The Morgan fingerprint density at radius 3 is 2.17 bits per heavy atom. The molecule has 0 aromatic heterocycles. The Morgan fingerprint density at radius 2 is 1.67 bits per heavy atom. The van der Waals surface area contributed by atoms with E-state index in [4.69, 9.17) is 0 Å². The maximum Gasteiger partial charge on any atom is 0.223 e. The van der Waals surface area contributed by atoms with E-state index in [-0.39, 0.29) is 12.4 Å². The smallest absolute Gasteiger partial charge is 0.223 e. The number of carbonyl (C=O) groups is 1. The van der Waals surface area contributed by atoms with Gasteiger partial charge in [-0.1, -0.05) is 13.8 Å². The highest BCUT2D eigenvalue weighted by molar-refractivity contribution is 5.85. The topological polar surface area (TPSA) is 35.6 Å². The monoisotopic (exact) mass is 277 g/mol. The van der Waals surface area contributed by atoms with Crippen LogP contribution in [0, 0.1) is 0 Å². The van der Waals surface area contributed by atoms with Crippen LogP contribution in [0.1, 0.15) is 33.1 Å². The highest BCUT2D eigenvalue weighted by Crippen LogP contribution is 2.01. The van der Waals surface area contributed by atoms with Crippen LogP contribution in [0.5, 0.6) is 0 Å². The van der Waals surface area contributed by atoms with Crippen molar-refractivity contribution in [1.82, 2.24) is 15.1 Å². The molecule has 1 rings (SSSR count). The Bertz CT molecular complexity index is 214. The molecular weight excluding hydrogens is 250 g/mol. The van der Waals surface area contributed by atoms with Crippen LogP contribution in [0.25, 0.3) is 0 Å². The first-order chi connectivity index (χ1) is 8.27. The third kappa shape index (κ3) is 6.57. The fraction of sp³-hybridized carbons (Fsp3) is 0.923. The number of carbonyl (C=O) groups excluding carboxylic acids is 1. The average molecular weight is 278 g/mol. The van der Waals surface area contributed by atoms with E-state index in [9.17, 15) is 4.79 Å². The number of nitrogens with zero attached hydrogens (tertiary/aromatic N) is 2. The van der Waals surface area contributed by atoms with Crippen LogP contribution in [0.4, 0.5) is 0 Å². The molecule has 1 amide bonds. The number of nitrogens with one attached hydrogen (secondary N) is 1. The van der Waals surface area contributed by atoms with Crippen LogP contribution in [0.3, 0.4) is 0 Å². The van der Waals surface area contributed by atoms with E-state index in [0.717, 1.165) is 45.8 Å². The maximum atomic E-state index is 12.0. The maximum absolute atomic E-state index is 12.0. The van der Waals surface area contributed by atoms with E-state index >= 15 is 0 Å². The number of rotatable bonds is 7. The van der Waals surface area contributed by atoms with Gasteiger partial charge in [0.15, 0.2) is 0 Å². The minimum absolute atomic E-state index is 0. The summed E-state index contributed by atoms with van der Waals surface area (Å²) >= 11 is 0. The third-order valence-corrected chi connectivity index (χ3v) is 3.19. The second-order valence-electron chi connectivity index (χ2n) is 4.72. The number of hydrogen-bond acceptors (Lipinski definition) is 3. The van der Waals surface area contributed by atoms with Gasteiger partial charge in [0.1, 0.15) is 0 Å². The molecular formula is C13H28ClN3O. The summed E-state index contributed by atoms with van der Waals surface area (Å²) in [6.07, 6.45) is 3.02. The van der Waals surface area contributed by atoms with Gasteiger partial charge in [-0.3, -0.25) is 4.79 Å². The minimum Gasteiger partial charge on any atom is -0.340 e. The zero-order valence-electron chi connectivity index (χ0n) is 11.8. The normalized spacial score (nSPS) is 15.6. The first kappa shape index (κ1) is 17.7. The van der Waals surface area contributed by atoms with Gasteiger partial charge in [0.2, 0.25) is 5.91 Å².